The van der Waals surface area contributed by atoms with Gasteiger partial charge in [0, 0.05) is 25.4 Å². The molecule has 0 aromatic carbocycles. The molecule has 3 aromatic heterocycles. The van der Waals surface area contributed by atoms with Crippen LogP contribution in [0.3, 0.4) is 0 Å². The van der Waals surface area contributed by atoms with Gasteiger partial charge in [-0.25, -0.2) is 4.98 Å². The number of furan rings is 1. The Bertz CT molecular complexity index is 1170. The van der Waals surface area contributed by atoms with Crippen molar-refractivity contribution in [2.45, 2.75) is 46.1 Å². The van der Waals surface area contributed by atoms with E-state index < -0.39 is 11.9 Å². The van der Waals surface area contributed by atoms with Crippen LogP contribution in [0.25, 0.3) is 0 Å². The molecule has 0 aliphatic carbocycles. The van der Waals surface area contributed by atoms with Crippen molar-refractivity contribution in [3.05, 3.63) is 47.3 Å². The minimum atomic E-state index is -4.52. The first-order valence-electron chi connectivity index (χ1n) is 10.4. The van der Waals surface area contributed by atoms with Gasteiger partial charge in [0.25, 0.3) is 0 Å². The number of anilines is 3. The summed E-state index contributed by atoms with van der Waals surface area (Å²) in [6.45, 7) is 6.18. The monoisotopic (exact) mass is 463 g/mol. The second-order valence-electron chi connectivity index (χ2n) is 8.28. The van der Waals surface area contributed by atoms with E-state index in [-0.39, 0.29) is 30.2 Å². The molecule has 4 rings (SSSR count). The zero-order valence-corrected chi connectivity index (χ0v) is 18.6. The second-order valence-corrected chi connectivity index (χ2v) is 8.28. The zero-order valence-electron chi connectivity index (χ0n) is 18.6. The van der Waals surface area contributed by atoms with Gasteiger partial charge in [0.1, 0.15) is 17.5 Å². The largest absolute Gasteiger partial charge is 0.455 e. The Hall–Kier alpha value is -3.57. The first-order chi connectivity index (χ1) is 15.5. The smallest absolute Gasteiger partial charge is 0.449 e. The van der Waals surface area contributed by atoms with Gasteiger partial charge >= 0.3 is 6.18 Å². The van der Waals surface area contributed by atoms with E-state index in [9.17, 15) is 18.0 Å². The number of halogens is 3. The Labute approximate surface area is 188 Å². The lowest BCUT2D eigenvalue weighted by Crippen LogP contribution is -2.49. The van der Waals surface area contributed by atoms with Crippen molar-refractivity contribution >= 4 is 23.4 Å². The van der Waals surface area contributed by atoms with Crippen molar-refractivity contribution in [1.29, 1.82) is 0 Å². The Balaban J connectivity index is 1.44. The molecule has 0 radical (unpaired) electrons. The molecule has 1 aliphatic heterocycles. The minimum absolute atomic E-state index is 0.0750. The first kappa shape index (κ1) is 22.6. The van der Waals surface area contributed by atoms with E-state index in [1.165, 1.54) is 10.7 Å². The normalized spacial score (nSPS) is 16.2. The molecule has 3 aromatic rings. The van der Waals surface area contributed by atoms with Crippen molar-refractivity contribution in [2.24, 2.45) is 5.92 Å². The molecule has 1 unspecified atom stereocenters. The van der Waals surface area contributed by atoms with Crippen LogP contribution in [-0.4, -0.2) is 38.7 Å². The molecule has 1 atom stereocenters. The van der Waals surface area contributed by atoms with Gasteiger partial charge in [-0.2, -0.15) is 23.3 Å². The predicted molar refractivity (Wildman–Crippen MR) is 115 cm³/mol. The quantitative estimate of drug-likeness (QED) is 0.575. The first-order valence-corrected chi connectivity index (χ1v) is 10.4. The second kappa shape index (κ2) is 8.41. The van der Waals surface area contributed by atoms with E-state index in [1.54, 1.807) is 19.3 Å². The molecule has 9 nitrogen and oxygen atoms in total. The number of hydrogen-bond donors (Lipinski definition) is 2. The van der Waals surface area contributed by atoms with Gasteiger partial charge in [0.2, 0.25) is 17.6 Å². The number of aromatic nitrogens is 4. The summed E-state index contributed by atoms with van der Waals surface area (Å²) in [6, 6.07) is 1.85. The SMILES string of the molecule is Cc1nc(NCc2cnn(Cc3ccc(C(F)(F)F)o3)c2)nc2c1NC(=O)C(C(C)C)N2C. The highest BCUT2D eigenvalue weighted by Crippen LogP contribution is 2.34. The summed E-state index contributed by atoms with van der Waals surface area (Å²) < 4.78 is 44.4. The van der Waals surface area contributed by atoms with Crippen LogP contribution >= 0.6 is 0 Å². The van der Waals surface area contributed by atoms with Gasteiger partial charge in [-0.3, -0.25) is 9.48 Å². The summed E-state index contributed by atoms with van der Waals surface area (Å²) in [6.07, 6.45) is -1.21. The average Bonchev–Trinajstić information content (AvgIpc) is 3.37. The predicted octanol–water partition coefficient (Wildman–Crippen LogP) is 3.67. The number of amides is 1. The van der Waals surface area contributed by atoms with E-state index >= 15 is 0 Å². The molecule has 176 valence electrons. The molecule has 2 N–H and O–H groups in total. The van der Waals surface area contributed by atoms with Crippen LogP contribution in [0, 0.1) is 12.8 Å². The summed E-state index contributed by atoms with van der Waals surface area (Å²) in [5.74, 6) is 0.166. The van der Waals surface area contributed by atoms with Gasteiger partial charge in [0.15, 0.2) is 5.82 Å². The lowest BCUT2D eigenvalue weighted by molar-refractivity contribution is -0.153. The Morgan fingerprint density at radius 2 is 2.03 bits per heavy atom. The van der Waals surface area contributed by atoms with Crippen LogP contribution in [0.1, 0.15) is 36.6 Å². The lowest BCUT2D eigenvalue weighted by Gasteiger charge is -2.36. The maximum Gasteiger partial charge on any atom is 0.449 e. The third-order valence-corrected chi connectivity index (χ3v) is 5.37. The molecule has 0 saturated carbocycles. The topological polar surface area (TPSA) is 101 Å². The summed E-state index contributed by atoms with van der Waals surface area (Å²) >= 11 is 0. The summed E-state index contributed by atoms with van der Waals surface area (Å²) in [7, 11) is 1.83. The number of likely N-dealkylation sites (N-methyl/N-ethyl adjacent to an activating group) is 1. The summed E-state index contributed by atoms with van der Waals surface area (Å²) in [5, 5.41) is 10.2. The van der Waals surface area contributed by atoms with E-state index in [2.05, 4.69) is 25.7 Å². The number of hydrogen-bond acceptors (Lipinski definition) is 7. The van der Waals surface area contributed by atoms with E-state index in [4.69, 9.17) is 4.42 Å². The van der Waals surface area contributed by atoms with Gasteiger partial charge in [-0.15, -0.1) is 0 Å². The van der Waals surface area contributed by atoms with Gasteiger partial charge in [-0.1, -0.05) is 13.8 Å². The Morgan fingerprint density at radius 3 is 2.70 bits per heavy atom. The number of carbonyl (C=O) groups excluding carboxylic acids is 1. The fourth-order valence-electron chi connectivity index (χ4n) is 3.83. The van der Waals surface area contributed by atoms with Crippen molar-refractivity contribution in [2.75, 3.05) is 22.6 Å². The number of nitrogens with one attached hydrogen (secondary N) is 2. The number of rotatable bonds is 6. The number of alkyl halides is 3. The molecule has 0 fully saturated rings. The van der Waals surface area contributed by atoms with E-state index in [1.807, 2.05) is 25.8 Å². The van der Waals surface area contributed by atoms with Crippen LogP contribution in [0.2, 0.25) is 0 Å². The minimum Gasteiger partial charge on any atom is -0.455 e. The highest BCUT2D eigenvalue weighted by Gasteiger charge is 2.36. The molecule has 1 amide bonds. The Morgan fingerprint density at radius 1 is 1.27 bits per heavy atom. The maximum atomic E-state index is 12.7. The lowest BCUT2D eigenvalue weighted by atomic mass is 9.99. The van der Waals surface area contributed by atoms with Crippen molar-refractivity contribution in [1.82, 2.24) is 19.7 Å². The van der Waals surface area contributed by atoms with Crippen molar-refractivity contribution < 1.29 is 22.4 Å². The van der Waals surface area contributed by atoms with E-state index in [0.29, 0.717) is 29.7 Å². The van der Waals surface area contributed by atoms with Gasteiger partial charge < -0.3 is 20.0 Å². The molecule has 4 heterocycles. The molecule has 1 aliphatic rings. The molecule has 0 saturated heterocycles. The summed E-state index contributed by atoms with van der Waals surface area (Å²) in [4.78, 5) is 23.3. The van der Waals surface area contributed by atoms with Gasteiger partial charge in [0.05, 0.1) is 18.4 Å². The zero-order chi connectivity index (χ0) is 23.9. The van der Waals surface area contributed by atoms with Crippen LogP contribution < -0.4 is 15.5 Å². The molecule has 33 heavy (non-hydrogen) atoms. The third kappa shape index (κ3) is 4.64. The fourth-order valence-corrected chi connectivity index (χ4v) is 3.83. The molecular weight excluding hydrogens is 439 g/mol. The molecule has 12 heteroatoms. The summed E-state index contributed by atoms with van der Waals surface area (Å²) in [5.41, 5.74) is 2.02. The fraction of sp³-hybridized carbons (Fsp3) is 0.429. The molecular formula is C21H24F3N7O2. The highest BCUT2D eigenvalue weighted by atomic mass is 19.4. The highest BCUT2D eigenvalue weighted by molar-refractivity contribution is 6.03. The van der Waals surface area contributed by atoms with Crippen molar-refractivity contribution in [3.63, 3.8) is 0 Å². The number of nitrogens with zero attached hydrogens (tertiary/aromatic N) is 5. The number of fused-ring (bicyclic) bond motifs is 1. The number of carbonyl (C=O) groups is 1. The average molecular weight is 463 g/mol. The van der Waals surface area contributed by atoms with Crippen molar-refractivity contribution in [3.8, 4) is 0 Å². The van der Waals surface area contributed by atoms with Crippen LogP contribution in [0.15, 0.2) is 28.9 Å². The van der Waals surface area contributed by atoms with Crippen LogP contribution in [0.4, 0.5) is 30.6 Å². The van der Waals surface area contributed by atoms with Crippen LogP contribution in [0.5, 0.6) is 0 Å². The molecule has 0 bridgehead atoms. The van der Waals surface area contributed by atoms with E-state index in [0.717, 1.165) is 11.6 Å². The number of aryl methyl sites for hydroxylation is 1. The molecule has 0 spiro atoms. The van der Waals surface area contributed by atoms with Crippen LogP contribution in [-0.2, 0) is 24.1 Å². The Kier molecular flexibility index (Phi) is 5.76. The standard InChI is InChI=1S/C21H24F3N7O2/c1-11(2)17-19(32)28-16-12(3)27-20(29-18(16)30(17)4)25-7-13-8-26-31(9-13)10-14-5-6-15(33-14)21(22,23)24/h5-6,8-9,11,17H,7,10H2,1-4H3,(H,28,32)(H,25,27,29). The third-order valence-electron chi connectivity index (χ3n) is 5.37. The maximum absolute atomic E-state index is 12.7. The van der Waals surface area contributed by atoms with Gasteiger partial charge in [-0.05, 0) is 25.0 Å².